The van der Waals surface area contributed by atoms with Crippen molar-refractivity contribution in [2.24, 2.45) is 0 Å². The summed E-state index contributed by atoms with van der Waals surface area (Å²) in [5.41, 5.74) is 16.8. The summed E-state index contributed by atoms with van der Waals surface area (Å²) < 4.78 is 5.00. The molecule has 0 aliphatic carbocycles. The summed E-state index contributed by atoms with van der Waals surface area (Å²) >= 11 is 1.89. The lowest BCUT2D eigenvalue weighted by molar-refractivity contribution is 1.18. The molecular formula is C56H40N2S. The zero-order valence-corrected chi connectivity index (χ0v) is 33.7. The third kappa shape index (κ3) is 5.85. The summed E-state index contributed by atoms with van der Waals surface area (Å²) in [5.74, 6) is 0. The number of aryl methyl sites for hydroxylation is 2. The van der Waals surface area contributed by atoms with Gasteiger partial charge in [-0.25, -0.2) is 0 Å². The summed E-state index contributed by atoms with van der Waals surface area (Å²) in [7, 11) is 0. The van der Waals surface area contributed by atoms with Gasteiger partial charge in [0, 0.05) is 53.4 Å². The van der Waals surface area contributed by atoms with Crippen LogP contribution < -0.4 is 4.90 Å². The molecule has 280 valence electrons. The average molecular weight is 773 g/mol. The number of thiophene rings is 1. The molecule has 0 unspecified atom stereocenters. The molecule has 2 nitrogen and oxygen atoms in total. The molecule has 11 rings (SSSR count). The number of nitrogens with zero attached hydrogens (tertiary/aromatic N) is 2. The highest BCUT2D eigenvalue weighted by molar-refractivity contribution is 7.26. The van der Waals surface area contributed by atoms with Gasteiger partial charge in [0.25, 0.3) is 0 Å². The summed E-state index contributed by atoms with van der Waals surface area (Å²) in [5, 5.41) is 5.04. The molecule has 0 saturated heterocycles. The van der Waals surface area contributed by atoms with E-state index in [1.807, 2.05) is 11.3 Å². The van der Waals surface area contributed by atoms with Gasteiger partial charge in [0.2, 0.25) is 0 Å². The van der Waals surface area contributed by atoms with Crippen LogP contribution in [-0.2, 0) is 0 Å². The number of rotatable bonds is 7. The predicted molar refractivity (Wildman–Crippen MR) is 254 cm³/mol. The van der Waals surface area contributed by atoms with Gasteiger partial charge in [-0.05, 0) is 102 Å². The Labute approximate surface area is 348 Å². The normalized spacial score (nSPS) is 11.6. The number of anilines is 3. The number of aromatic nitrogens is 1. The topological polar surface area (TPSA) is 8.17 Å². The SMILES string of the molecule is Cc1cccc(N(c2cc(C)c(-c3ccccc3)c(-c3ccccc3)c2)c2ccc(-c3ccccc3-n3c4ccccc4c4ccccc43)c3sc4ccccc4c23)c1. The van der Waals surface area contributed by atoms with Crippen molar-refractivity contribution in [3.8, 4) is 39.1 Å². The van der Waals surface area contributed by atoms with Gasteiger partial charge < -0.3 is 9.47 Å². The van der Waals surface area contributed by atoms with Crippen LogP contribution >= 0.6 is 11.3 Å². The second-order valence-electron chi connectivity index (χ2n) is 15.4. The van der Waals surface area contributed by atoms with Crippen molar-refractivity contribution >= 4 is 70.4 Å². The zero-order valence-electron chi connectivity index (χ0n) is 32.9. The highest BCUT2D eigenvalue weighted by Crippen LogP contribution is 2.51. The largest absolute Gasteiger partial charge is 0.310 e. The second-order valence-corrected chi connectivity index (χ2v) is 16.5. The van der Waals surface area contributed by atoms with Crippen LogP contribution in [0.4, 0.5) is 17.1 Å². The molecule has 0 radical (unpaired) electrons. The maximum absolute atomic E-state index is 2.49. The number of hydrogen-bond donors (Lipinski definition) is 0. The predicted octanol–water partition coefficient (Wildman–Crippen LogP) is 16.2. The molecule has 0 aliphatic rings. The molecule has 0 fully saturated rings. The molecule has 9 aromatic carbocycles. The van der Waals surface area contributed by atoms with Crippen molar-refractivity contribution < 1.29 is 0 Å². The number of hydrogen-bond acceptors (Lipinski definition) is 2. The first kappa shape index (κ1) is 35.0. The number of benzene rings is 9. The van der Waals surface area contributed by atoms with E-state index in [9.17, 15) is 0 Å². The van der Waals surface area contributed by atoms with E-state index in [2.05, 4.69) is 230 Å². The van der Waals surface area contributed by atoms with Crippen LogP contribution in [0, 0.1) is 13.8 Å². The summed E-state index contributed by atoms with van der Waals surface area (Å²) in [6.45, 7) is 4.45. The Morgan fingerprint density at radius 1 is 0.441 bits per heavy atom. The molecule has 0 amide bonds. The molecule has 0 spiro atoms. The Bertz CT molecular complexity index is 3300. The minimum absolute atomic E-state index is 1.13. The van der Waals surface area contributed by atoms with Crippen molar-refractivity contribution in [2.45, 2.75) is 13.8 Å². The van der Waals surface area contributed by atoms with Crippen LogP contribution in [0.25, 0.3) is 81.0 Å². The van der Waals surface area contributed by atoms with E-state index < -0.39 is 0 Å². The van der Waals surface area contributed by atoms with Gasteiger partial charge in [-0.1, -0.05) is 152 Å². The number of para-hydroxylation sites is 3. The molecule has 59 heavy (non-hydrogen) atoms. The van der Waals surface area contributed by atoms with Crippen LogP contribution in [0.1, 0.15) is 11.1 Å². The van der Waals surface area contributed by atoms with E-state index >= 15 is 0 Å². The lowest BCUT2D eigenvalue weighted by Gasteiger charge is -2.29. The second kappa shape index (κ2) is 14.3. The maximum Gasteiger partial charge on any atom is 0.0555 e. The van der Waals surface area contributed by atoms with Crippen LogP contribution in [0.15, 0.2) is 206 Å². The van der Waals surface area contributed by atoms with E-state index in [1.165, 1.54) is 92.2 Å². The molecule has 3 heteroatoms. The quantitative estimate of drug-likeness (QED) is 0.157. The molecule has 0 N–H and O–H groups in total. The summed E-state index contributed by atoms with van der Waals surface area (Å²) in [6, 6.07) is 75.5. The van der Waals surface area contributed by atoms with Gasteiger partial charge in [0.1, 0.15) is 0 Å². The average Bonchev–Trinajstić information content (AvgIpc) is 3.84. The Hall–Kier alpha value is -7.20. The minimum Gasteiger partial charge on any atom is -0.310 e. The standard InChI is InChI=1S/C56H40N2S/c1-37-18-17-23-41(34-37)57(42-35-38(2)54(40-21-7-4-8-22-40)48(36-42)39-19-5-3-6-20-39)52-33-32-46(56-55(52)47-27-12-16-31-53(47)59-56)45-26-11-15-30-51(45)58-49-28-13-9-24-43(49)44-25-10-14-29-50(44)58/h3-36H,1-2H3. The van der Waals surface area contributed by atoms with Crippen LogP contribution in [0.3, 0.4) is 0 Å². The third-order valence-corrected chi connectivity index (χ3v) is 12.9. The molecule has 0 saturated carbocycles. The molecular weight excluding hydrogens is 733 g/mol. The molecule has 0 bridgehead atoms. The van der Waals surface area contributed by atoms with Crippen molar-refractivity contribution in [3.05, 3.63) is 217 Å². The fraction of sp³-hybridized carbons (Fsp3) is 0.0357. The lowest BCUT2D eigenvalue weighted by atomic mass is 9.90. The first-order valence-electron chi connectivity index (χ1n) is 20.3. The molecule has 0 atom stereocenters. The highest BCUT2D eigenvalue weighted by Gasteiger charge is 2.25. The fourth-order valence-corrected chi connectivity index (χ4v) is 10.5. The van der Waals surface area contributed by atoms with Gasteiger partial charge in [-0.3, -0.25) is 0 Å². The monoisotopic (exact) mass is 772 g/mol. The lowest BCUT2D eigenvalue weighted by Crippen LogP contribution is -2.11. The van der Waals surface area contributed by atoms with Gasteiger partial charge in [0.15, 0.2) is 0 Å². The van der Waals surface area contributed by atoms with Crippen LogP contribution in [0.2, 0.25) is 0 Å². The van der Waals surface area contributed by atoms with E-state index in [4.69, 9.17) is 0 Å². The van der Waals surface area contributed by atoms with Crippen molar-refractivity contribution in [2.75, 3.05) is 4.90 Å². The van der Waals surface area contributed by atoms with E-state index in [0.29, 0.717) is 0 Å². The van der Waals surface area contributed by atoms with Gasteiger partial charge in [-0.2, -0.15) is 0 Å². The Morgan fingerprint density at radius 3 is 1.80 bits per heavy atom. The summed E-state index contributed by atoms with van der Waals surface area (Å²) in [6.07, 6.45) is 0. The smallest absolute Gasteiger partial charge is 0.0555 e. The molecule has 2 aromatic heterocycles. The van der Waals surface area contributed by atoms with Crippen LogP contribution in [0.5, 0.6) is 0 Å². The van der Waals surface area contributed by atoms with Crippen LogP contribution in [-0.4, -0.2) is 4.57 Å². The molecule has 2 heterocycles. The zero-order chi connectivity index (χ0) is 39.5. The first-order chi connectivity index (χ1) is 29.1. The van der Waals surface area contributed by atoms with E-state index in [-0.39, 0.29) is 0 Å². The summed E-state index contributed by atoms with van der Waals surface area (Å²) in [4.78, 5) is 2.49. The van der Waals surface area contributed by atoms with Crippen molar-refractivity contribution in [1.29, 1.82) is 0 Å². The molecule has 0 aliphatic heterocycles. The van der Waals surface area contributed by atoms with Crippen molar-refractivity contribution in [1.82, 2.24) is 4.57 Å². The third-order valence-electron chi connectivity index (χ3n) is 11.7. The Morgan fingerprint density at radius 2 is 1.07 bits per heavy atom. The Kier molecular flexibility index (Phi) is 8.49. The highest BCUT2D eigenvalue weighted by atomic mass is 32.1. The van der Waals surface area contributed by atoms with Gasteiger partial charge in [0.05, 0.1) is 22.4 Å². The van der Waals surface area contributed by atoms with Gasteiger partial charge in [-0.15, -0.1) is 11.3 Å². The van der Waals surface area contributed by atoms with E-state index in [1.54, 1.807) is 0 Å². The van der Waals surface area contributed by atoms with E-state index in [0.717, 1.165) is 17.1 Å². The molecule has 11 aromatic rings. The Balaban J connectivity index is 1.20. The fourth-order valence-electron chi connectivity index (χ4n) is 9.21. The number of fused-ring (bicyclic) bond motifs is 6. The van der Waals surface area contributed by atoms with Gasteiger partial charge >= 0.3 is 0 Å². The first-order valence-corrected chi connectivity index (χ1v) is 21.1. The minimum atomic E-state index is 1.13. The maximum atomic E-state index is 2.49. The van der Waals surface area contributed by atoms with Crippen molar-refractivity contribution in [3.63, 3.8) is 0 Å².